The average molecular weight is 398 g/mol. The van der Waals surface area contributed by atoms with Gasteiger partial charge in [0.1, 0.15) is 11.9 Å². The monoisotopic (exact) mass is 398 g/mol. The Bertz CT molecular complexity index is 896. The van der Waals surface area contributed by atoms with Crippen LogP contribution in [-0.4, -0.2) is 31.4 Å². The Hall–Kier alpha value is -1.68. The fraction of sp³-hybridized carbons (Fsp3) is 0.412. The maximum atomic E-state index is 13.0. The Morgan fingerprint density at radius 1 is 1.38 bits per heavy atom. The summed E-state index contributed by atoms with van der Waals surface area (Å²) in [5.41, 5.74) is 1.10. The lowest BCUT2D eigenvalue weighted by Gasteiger charge is -2.22. The first-order valence-electron chi connectivity index (χ1n) is 8.17. The Morgan fingerprint density at radius 2 is 2.08 bits per heavy atom. The third kappa shape index (κ3) is 3.57. The van der Waals surface area contributed by atoms with Crippen LogP contribution in [0.1, 0.15) is 41.0 Å². The van der Waals surface area contributed by atoms with Crippen molar-refractivity contribution < 1.29 is 17.9 Å². The van der Waals surface area contributed by atoms with Crippen molar-refractivity contribution in [1.29, 1.82) is 0 Å². The molecule has 0 spiro atoms. The van der Waals surface area contributed by atoms with Crippen molar-refractivity contribution in [2.24, 2.45) is 5.18 Å². The quantitative estimate of drug-likeness (QED) is 0.756. The van der Waals surface area contributed by atoms with Crippen LogP contribution < -0.4 is 0 Å². The molecule has 0 radical (unpaired) electrons. The van der Waals surface area contributed by atoms with Crippen LogP contribution >= 0.6 is 11.3 Å². The molecule has 1 aromatic carbocycles. The molecule has 26 heavy (non-hydrogen) atoms. The summed E-state index contributed by atoms with van der Waals surface area (Å²) in [4.78, 5) is 11.9. The molecule has 2 atom stereocenters. The lowest BCUT2D eigenvalue weighted by Crippen LogP contribution is -2.31. The third-order valence-corrected chi connectivity index (χ3v) is 7.76. The van der Waals surface area contributed by atoms with Crippen LogP contribution in [0.3, 0.4) is 0 Å². The highest BCUT2D eigenvalue weighted by atomic mass is 32.2. The lowest BCUT2D eigenvalue weighted by molar-refractivity contribution is 0.155. The van der Waals surface area contributed by atoms with Gasteiger partial charge in [-0.1, -0.05) is 17.3 Å². The van der Waals surface area contributed by atoms with Crippen molar-refractivity contribution in [3.63, 3.8) is 0 Å². The van der Waals surface area contributed by atoms with E-state index < -0.39 is 28.0 Å². The molecule has 0 saturated carbocycles. The van der Waals surface area contributed by atoms with Crippen LogP contribution in [0.15, 0.2) is 39.7 Å². The molecule has 1 aliphatic carbocycles. The van der Waals surface area contributed by atoms with Crippen molar-refractivity contribution in [2.45, 2.75) is 36.3 Å². The Labute approximate surface area is 155 Å². The molecular weight excluding hydrogens is 379 g/mol. The number of rotatable bonds is 6. The number of nitrogens with zero attached hydrogens (tertiary/aromatic N) is 2. The molecule has 0 saturated heterocycles. The molecule has 0 aliphatic heterocycles. The van der Waals surface area contributed by atoms with E-state index in [-0.39, 0.29) is 11.4 Å². The third-order valence-electron chi connectivity index (χ3n) is 4.60. The second-order valence-corrected chi connectivity index (χ2v) is 9.23. The summed E-state index contributed by atoms with van der Waals surface area (Å²) >= 11 is 1.24. The highest BCUT2D eigenvalue weighted by Gasteiger charge is 2.32. The van der Waals surface area contributed by atoms with Gasteiger partial charge in [-0.3, -0.25) is 0 Å². The first-order valence-corrected chi connectivity index (χ1v) is 10.5. The van der Waals surface area contributed by atoms with Gasteiger partial charge >= 0.3 is 0 Å². The van der Waals surface area contributed by atoms with Gasteiger partial charge in [0.15, 0.2) is 0 Å². The van der Waals surface area contributed by atoms with E-state index in [2.05, 4.69) is 5.18 Å². The zero-order chi connectivity index (χ0) is 18.9. The van der Waals surface area contributed by atoms with Gasteiger partial charge in [-0.05, 0) is 42.5 Å². The molecular formula is C17H19FN2O4S2. The predicted molar refractivity (Wildman–Crippen MR) is 97.0 cm³/mol. The van der Waals surface area contributed by atoms with Crippen LogP contribution in [0.5, 0.6) is 0 Å². The van der Waals surface area contributed by atoms with Gasteiger partial charge in [0.05, 0.1) is 11.0 Å². The number of likely N-dealkylation sites (N-methyl/N-ethyl adjacent to an activating group) is 1. The highest BCUT2D eigenvalue weighted by molar-refractivity contribution is 7.89. The van der Waals surface area contributed by atoms with Gasteiger partial charge in [0.25, 0.3) is 0 Å². The topological polar surface area (TPSA) is 87.0 Å². The second kappa shape index (κ2) is 7.51. The zero-order valence-electron chi connectivity index (χ0n) is 14.1. The van der Waals surface area contributed by atoms with Crippen LogP contribution in [0, 0.1) is 10.7 Å². The van der Waals surface area contributed by atoms with E-state index in [0.29, 0.717) is 30.4 Å². The zero-order valence-corrected chi connectivity index (χ0v) is 15.8. The number of hydrogen-bond donors (Lipinski definition) is 1. The lowest BCUT2D eigenvalue weighted by atomic mass is 9.96. The molecule has 140 valence electrons. The Balaban J connectivity index is 1.83. The van der Waals surface area contributed by atoms with Crippen LogP contribution in [-0.2, 0) is 16.4 Å². The summed E-state index contributed by atoms with van der Waals surface area (Å²) in [5.74, 6) is -0.426. The van der Waals surface area contributed by atoms with Crippen molar-refractivity contribution >= 4 is 21.4 Å². The number of sulfonamides is 1. The number of halogens is 1. The van der Waals surface area contributed by atoms with Gasteiger partial charge in [0, 0.05) is 23.8 Å². The summed E-state index contributed by atoms with van der Waals surface area (Å²) in [6.45, 7) is -0.159. The van der Waals surface area contributed by atoms with Gasteiger partial charge in [0.2, 0.25) is 10.0 Å². The fourth-order valence-corrected chi connectivity index (χ4v) is 6.07. The summed E-state index contributed by atoms with van der Waals surface area (Å²) in [5, 5.41) is 14.9. The van der Waals surface area contributed by atoms with Gasteiger partial charge in [-0.25, -0.2) is 12.8 Å². The van der Waals surface area contributed by atoms with E-state index in [0.717, 1.165) is 9.18 Å². The van der Waals surface area contributed by atoms with Crippen LogP contribution in [0.2, 0.25) is 0 Å². The van der Waals surface area contributed by atoms with Gasteiger partial charge in [-0.15, -0.1) is 11.3 Å². The number of fused-ring (bicyclic) bond motifs is 1. The van der Waals surface area contributed by atoms with E-state index >= 15 is 0 Å². The largest absolute Gasteiger partial charge is 0.387 e. The first-order chi connectivity index (χ1) is 12.3. The van der Waals surface area contributed by atoms with E-state index in [1.165, 1.54) is 42.6 Å². The molecule has 1 aromatic heterocycles. The smallest absolute Gasteiger partial charge is 0.244 e. The maximum Gasteiger partial charge on any atom is 0.244 e. The molecule has 2 aromatic rings. The molecule has 2 unspecified atom stereocenters. The van der Waals surface area contributed by atoms with Crippen molar-refractivity contribution in [2.75, 3.05) is 13.6 Å². The van der Waals surface area contributed by atoms with E-state index in [1.807, 2.05) is 0 Å². The standard InChI is InChI=1S/C17H19FN2O4S2/c1-20(9-15(21)11-5-7-12(18)8-6-11)26(23,24)16-10-25-17-13(16)3-2-4-14(17)19-22/h5-8,10,14-15,21H,2-4,9H2,1H3. The number of benzene rings is 1. The van der Waals surface area contributed by atoms with E-state index in [9.17, 15) is 22.8 Å². The summed E-state index contributed by atoms with van der Waals surface area (Å²) in [7, 11) is -2.42. The molecule has 1 heterocycles. The average Bonchev–Trinajstić information content (AvgIpc) is 3.07. The van der Waals surface area contributed by atoms with Crippen LogP contribution in [0.4, 0.5) is 4.39 Å². The minimum Gasteiger partial charge on any atom is -0.387 e. The molecule has 3 rings (SSSR count). The second-order valence-electron chi connectivity index (χ2n) is 6.31. The SMILES string of the molecule is CN(CC(O)c1ccc(F)cc1)S(=O)(=O)c1csc2c1CCCC2N=O. The maximum absolute atomic E-state index is 13.0. The highest BCUT2D eigenvalue weighted by Crippen LogP contribution is 2.41. The molecule has 1 aliphatic rings. The Kier molecular flexibility index (Phi) is 5.52. The normalized spacial score (nSPS) is 18.5. The van der Waals surface area contributed by atoms with Crippen molar-refractivity contribution in [3.8, 4) is 0 Å². The predicted octanol–water partition coefficient (Wildman–Crippen LogP) is 3.39. The Morgan fingerprint density at radius 3 is 2.73 bits per heavy atom. The van der Waals surface area contributed by atoms with Crippen LogP contribution in [0.25, 0.3) is 0 Å². The minimum absolute atomic E-state index is 0.159. The molecule has 6 nitrogen and oxygen atoms in total. The number of hydrogen-bond acceptors (Lipinski definition) is 6. The number of nitroso groups, excluding NO2 is 1. The summed E-state index contributed by atoms with van der Waals surface area (Å²) in [6, 6.07) is 4.80. The number of thiophene rings is 1. The molecule has 0 bridgehead atoms. The van der Waals surface area contributed by atoms with E-state index in [4.69, 9.17) is 0 Å². The summed E-state index contributed by atoms with van der Waals surface area (Å²) < 4.78 is 39.9. The fourth-order valence-electron chi connectivity index (χ4n) is 3.13. The molecule has 0 fully saturated rings. The van der Waals surface area contributed by atoms with Gasteiger partial charge in [-0.2, -0.15) is 9.21 Å². The summed E-state index contributed by atoms with van der Waals surface area (Å²) in [6.07, 6.45) is 0.864. The van der Waals surface area contributed by atoms with Crippen molar-refractivity contribution in [3.05, 3.63) is 56.4 Å². The van der Waals surface area contributed by atoms with E-state index in [1.54, 1.807) is 5.38 Å². The van der Waals surface area contributed by atoms with Gasteiger partial charge < -0.3 is 5.11 Å². The molecule has 1 N–H and O–H groups in total. The van der Waals surface area contributed by atoms with Crippen molar-refractivity contribution in [1.82, 2.24) is 4.31 Å². The molecule has 9 heteroatoms. The molecule has 0 amide bonds. The first kappa shape index (κ1) is 19.1. The minimum atomic E-state index is -3.81. The number of aliphatic hydroxyl groups is 1. The number of aliphatic hydroxyl groups excluding tert-OH is 1.